The molecule has 0 N–H and O–H groups in total. The number of hydrogen-bond acceptors (Lipinski definition) is 4. The highest BCUT2D eigenvalue weighted by Crippen LogP contribution is 2.19. The Hall–Kier alpha value is -1.26. The molecule has 1 heterocycles. The molecule has 1 rings (SSSR count). The minimum Gasteiger partial charge on any atom is -0.336 e. The predicted octanol–water partition coefficient (Wildman–Crippen LogP) is 0.721. The second-order valence-electron chi connectivity index (χ2n) is 3.68. The predicted molar refractivity (Wildman–Crippen MR) is 50.7 cm³/mol. The summed E-state index contributed by atoms with van der Waals surface area (Å²) in [5.74, 6) is -0.0690. The third kappa shape index (κ3) is 2.16. The van der Waals surface area contributed by atoms with Crippen LogP contribution in [0.15, 0.2) is 5.18 Å². The van der Waals surface area contributed by atoms with Crippen molar-refractivity contribution >= 4 is 11.7 Å². The van der Waals surface area contributed by atoms with Crippen molar-refractivity contribution in [3.63, 3.8) is 0 Å². The Kier molecular flexibility index (Phi) is 3.33. The first-order valence-electron chi connectivity index (χ1n) is 4.67. The van der Waals surface area contributed by atoms with Gasteiger partial charge in [-0.3, -0.25) is 9.59 Å². The maximum Gasteiger partial charge on any atom is 0.223 e. The van der Waals surface area contributed by atoms with Crippen molar-refractivity contribution in [2.24, 2.45) is 5.18 Å². The molecule has 1 aliphatic rings. The SMILES string of the molecule is CC(CC(=O)C1CCC(=O)N1C)N=O. The number of amides is 1. The summed E-state index contributed by atoms with van der Waals surface area (Å²) in [4.78, 5) is 34.3. The molecule has 5 nitrogen and oxygen atoms in total. The Morgan fingerprint density at radius 3 is 2.79 bits per heavy atom. The van der Waals surface area contributed by atoms with Gasteiger partial charge in [0.15, 0.2) is 5.78 Å². The van der Waals surface area contributed by atoms with E-state index in [1.165, 1.54) is 4.90 Å². The van der Waals surface area contributed by atoms with Crippen LogP contribution < -0.4 is 0 Å². The van der Waals surface area contributed by atoms with Crippen molar-refractivity contribution in [2.75, 3.05) is 7.05 Å². The highest BCUT2D eigenvalue weighted by Gasteiger charge is 2.33. The van der Waals surface area contributed by atoms with E-state index >= 15 is 0 Å². The number of hydrogen-bond donors (Lipinski definition) is 0. The van der Waals surface area contributed by atoms with Gasteiger partial charge < -0.3 is 4.90 Å². The lowest BCUT2D eigenvalue weighted by Gasteiger charge is -2.18. The Bertz CT molecular complexity index is 265. The van der Waals surface area contributed by atoms with Crippen LogP contribution in [0.25, 0.3) is 0 Å². The molecule has 0 aromatic rings. The Morgan fingerprint density at radius 1 is 1.71 bits per heavy atom. The van der Waals surface area contributed by atoms with Gasteiger partial charge in [0.2, 0.25) is 5.91 Å². The van der Waals surface area contributed by atoms with Gasteiger partial charge in [0.25, 0.3) is 0 Å². The van der Waals surface area contributed by atoms with Crippen LogP contribution in [-0.2, 0) is 9.59 Å². The van der Waals surface area contributed by atoms with E-state index in [0.29, 0.717) is 12.8 Å². The number of rotatable bonds is 4. The van der Waals surface area contributed by atoms with Gasteiger partial charge in [0.05, 0.1) is 12.1 Å². The molecule has 0 saturated carbocycles. The van der Waals surface area contributed by atoms with Gasteiger partial charge in [0.1, 0.15) is 0 Å². The molecule has 1 fully saturated rings. The fraction of sp³-hybridized carbons (Fsp3) is 0.778. The van der Waals surface area contributed by atoms with Crippen molar-refractivity contribution in [1.82, 2.24) is 4.90 Å². The van der Waals surface area contributed by atoms with Crippen molar-refractivity contribution < 1.29 is 9.59 Å². The van der Waals surface area contributed by atoms with E-state index in [0.717, 1.165) is 0 Å². The molecular weight excluding hydrogens is 184 g/mol. The number of nitroso groups, excluding NO2 is 1. The standard InChI is InChI=1S/C9H14N2O3/c1-6(10-14)5-8(12)7-3-4-9(13)11(7)2/h6-7H,3-5H2,1-2H3. The summed E-state index contributed by atoms with van der Waals surface area (Å²) in [5.41, 5.74) is 0. The van der Waals surface area contributed by atoms with E-state index in [1.54, 1.807) is 14.0 Å². The molecule has 1 aliphatic heterocycles. The van der Waals surface area contributed by atoms with Crippen molar-refractivity contribution in [2.45, 2.75) is 38.3 Å². The summed E-state index contributed by atoms with van der Waals surface area (Å²) in [6.07, 6.45) is 1.13. The van der Waals surface area contributed by atoms with E-state index in [4.69, 9.17) is 0 Å². The Balaban J connectivity index is 2.53. The third-order valence-electron chi connectivity index (χ3n) is 2.54. The van der Waals surface area contributed by atoms with Gasteiger partial charge in [0, 0.05) is 19.9 Å². The van der Waals surface area contributed by atoms with Gasteiger partial charge in [-0.1, -0.05) is 5.18 Å². The first-order valence-corrected chi connectivity index (χ1v) is 4.67. The van der Waals surface area contributed by atoms with Crippen LogP contribution in [0.3, 0.4) is 0 Å². The molecule has 14 heavy (non-hydrogen) atoms. The van der Waals surface area contributed by atoms with E-state index in [2.05, 4.69) is 5.18 Å². The highest BCUT2D eigenvalue weighted by molar-refractivity contribution is 5.92. The van der Waals surface area contributed by atoms with Gasteiger partial charge in [-0.05, 0) is 13.3 Å². The summed E-state index contributed by atoms with van der Waals surface area (Å²) in [6.45, 7) is 1.60. The molecule has 2 atom stereocenters. The number of carbonyl (C=O) groups is 2. The van der Waals surface area contributed by atoms with Crippen LogP contribution in [0.2, 0.25) is 0 Å². The minimum absolute atomic E-state index is 0.00457. The molecule has 0 aromatic carbocycles. The largest absolute Gasteiger partial charge is 0.336 e. The zero-order valence-electron chi connectivity index (χ0n) is 8.40. The normalized spacial score (nSPS) is 23.7. The number of likely N-dealkylation sites (tertiary alicyclic amines) is 1. The van der Waals surface area contributed by atoms with E-state index < -0.39 is 6.04 Å². The van der Waals surface area contributed by atoms with Gasteiger partial charge in [-0.2, -0.15) is 4.91 Å². The Labute approximate surface area is 82.4 Å². The smallest absolute Gasteiger partial charge is 0.223 e. The summed E-state index contributed by atoms with van der Waals surface area (Å²) < 4.78 is 0. The number of likely N-dealkylation sites (N-methyl/N-ethyl adjacent to an activating group) is 1. The zero-order valence-corrected chi connectivity index (χ0v) is 8.40. The highest BCUT2D eigenvalue weighted by atomic mass is 16.3. The van der Waals surface area contributed by atoms with Crippen molar-refractivity contribution in [3.8, 4) is 0 Å². The molecule has 0 aliphatic carbocycles. The first-order chi connectivity index (χ1) is 6.56. The average Bonchev–Trinajstić information content (AvgIpc) is 2.47. The number of Topliss-reactive ketones (excluding diaryl/α,β-unsaturated/α-hetero) is 1. The van der Waals surface area contributed by atoms with Crippen LogP contribution in [0.5, 0.6) is 0 Å². The molecule has 2 unspecified atom stereocenters. The second kappa shape index (κ2) is 4.30. The third-order valence-corrected chi connectivity index (χ3v) is 2.54. The quantitative estimate of drug-likeness (QED) is 0.625. The minimum atomic E-state index is -0.494. The molecule has 78 valence electrons. The van der Waals surface area contributed by atoms with E-state index in [-0.39, 0.29) is 24.2 Å². The van der Waals surface area contributed by atoms with E-state index in [9.17, 15) is 14.5 Å². The molecule has 1 saturated heterocycles. The molecule has 0 aromatic heterocycles. The lowest BCUT2D eigenvalue weighted by atomic mass is 10.0. The fourth-order valence-corrected chi connectivity index (χ4v) is 1.65. The molecular formula is C9H14N2O3. The number of nitrogens with zero attached hydrogens (tertiary/aromatic N) is 2. The van der Waals surface area contributed by atoms with Crippen LogP contribution >= 0.6 is 0 Å². The van der Waals surface area contributed by atoms with Gasteiger partial charge >= 0.3 is 0 Å². The topological polar surface area (TPSA) is 66.8 Å². The van der Waals surface area contributed by atoms with Crippen LogP contribution in [-0.4, -0.2) is 35.7 Å². The van der Waals surface area contributed by atoms with E-state index in [1.807, 2.05) is 0 Å². The van der Waals surface area contributed by atoms with Gasteiger partial charge in [-0.25, -0.2) is 0 Å². The zero-order chi connectivity index (χ0) is 10.7. The molecule has 5 heteroatoms. The monoisotopic (exact) mass is 198 g/mol. The second-order valence-corrected chi connectivity index (χ2v) is 3.68. The molecule has 1 amide bonds. The number of carbonyl (C=O) groups excluding carboxylic acids is 2. The fourth-order valence-electron chi connectivity index (χ4n) is 1.65. The first kappa shape index (κ1) is 10.8. The maximum absolute atomic E-state index is 11.6. The van der Waals surface area contributed by atoms with Crippen molar-refractivity contribution in [1.29, 1.82) is 0 Å². The van der Waals surface area contributed by atoms with Crippen LogP contribution in [0.1, 0.15) is 26.2 Å². The van der Waals surface area contributed by atoms with Crippen LogP contribution in [0.4, 0.5) is 0 Å². The van der Waals surface area contributed by atoms with Crippen LogP contribution in [0, 0.1) is 4.91 Å². The summed E-state index contributed by atoms with van der Waals surface area (Å²) in [6, 6.07) is -0.835. The molecule has 0 bridgehead atoms. The Morgan fingerprint density at radius 2 is 2.36 bits per heavy atom. The maximum atomic E-state index is 11.6. The summed E-state index contributed by atoms with van der Waals surface area (Å²) in [7, 11) is 1.62. The molecule has 0 spiro atoms. The number of ketones is 1. The summed E-state index contributed by atoms with van der Waals surface area (Å²) >= 11 is 0. The lowest BCUT2D eigenvalue weighted by Crippen LogP contribution is -2.36. The average molecular weight is 198 g/mol. The van der Waals surface area contributed by atoms with Gasteiger partial charge in [-0.15, -0.1) is 0 Å². The lowest BCUT2D eigenvalue weighted by molar-refractivity contribution is -0.133. The van der Waals surface area contributed by atoms with Crippen molar-refractivity contribution in [3.05, 3.63) is 4.91 Å². The molecule has 0 radical (unpaired) electrons. The summed E-state index contributed by atoms with van der Waals surface area (Å²) in [5, 5.41) is 2.77.